The molecule has 2 N–H and O–H groups in total. The van der Waals surface area contributed by atoms with Crippen LogP contribution >= 0.6 is 11.8 Å². The fraction of sp³-hybridized carbons (Fsp3) is 0.400. The molecule has 2 aromatic rings. The normalized spacial score (nSPS) is 10.9. The fourth-order valence-electron chi connectivity index (χ4n) is 2.57. The van der Waals surface area contributed by atoms with E-state index in [0.29, 0.717) is 11.5 Å². The molecule has 124 valence electrons. The molecule has 0 heterocycles. The first-order chi connectivity index (χ1) is 11.1. The van der Waals surface area contributed by atoms with Crippen molar-refractivity contribution in [3.8, 4) is 11.5 Å². The van der Waals surface area contributed by atoms with Crippen molar-refractivity contribution in [2.24, 2.45) is 0 Å². The van der Waals surface area contributed by atoms with Crippen molar-refractivity contribution < 1.29 is 10.2 Å². The van der Waals surface area contributed by atoms with Crippen molar-refractivity contribution in [2.45, 2.75) is 62.2 Å². The molecule has 0 atom stereocenters. The predicted molar refractivity (Wildman–Crippen MR) is 97.6 cm³/mol. The van der Waals surface area contributed by atoms with Crippen LogP contribution in [0.1, 0.15) is 50.7 Å². The standard InChI is InChI=1S/C20H26O2S/c1-3-5-7-15-13-17(21)9-11-19(15)23-20-12-10-18(22)14-16(20)8-6-4-2/h9-14,21-22H,3-8H2,1-2H3. The maximum atomic E-state index is 9.77. The van der Waals surface area contributed by atoms with E-state index in [-0.39, 0.29) is 0 Å². The molecule has 0 aliphatic carbocycles. The third-order valence-electron chi connectivity index (χ3n) is 3.91. The van der Waals surface area contributed by atoms with E-state index in [2.05, 4.69) is 13.8 Å². The molecule has 0 amide bonds. The molecule has 0 radical (unpaired) electrons. The second-order valence-corrected chi connectivity index (χ2v) is 6.98. The molecule has 0 fully saturated rings. The number of benzene rings is 2. The van der Waals surface area contributed by atoms with E-state index in [0.717, 1.165) is 38.5 Å². The number of aryl methyl sites for hydroxylation is 2. The predicted octanol–water partition coefficient (Wildman–Crippen LogP) is 5.93. The average molecular weight is 330 g/mol. The Balaban J connectivity index is 2.27. The summed E-state index contributed by atoms with van der Waals surface area (Å²) in [5.41, 5.74) is 2.40. The Hall–Kier alpha value is -1.61. The van der Waals surface area contributed by atoms with Gasteiger partial charge in [0.05, 0.1) is 0 Å². The van der Waals surface area contributed by atoms with Crippen LogP contribution in [0.4, 0.5) is 0 Å². The summed E-state index contributed by atoms with van der Waals surface area (Å²) in [4.78, 5) is 2.39. The van der Waals surface area contributed by atoms with Crippen molar-refractivity contribution >= 4 is 11.8 Å². The largest absolute Gasteiger partial charge is 0.508 e. The highest BCUT2D eigenvalue weighted by molar-refractivity contribution is 7.99. The van der Waals surface area contributed by atoms with Crippen LogP contribution in [0.5, 0.6) is 11.5 Å². The van der Waals surface area contributed by atoms with Crippen LogP contribution in [0.25, 0.3) is 0 Å². The number of hydrogen-bond donors (Lipinski definition) is 2. The van der Waals surface area contributed by atoms with Crippen LogP contribution in [0.3, 0.4) is 0 Å². The molecule has 3 heteroatoms. The van der Waals surface area contributed by atoms with Crippen LogP contribution in [-0.4, -0.2) is 10.2 Å². The number of rotatable bonds is 8. The number of phenols is 2. The Kier molecular flexibility index (Phi) is 6.85. The lowest BCUT2D eigenvalue weighted by Crippen LogP contribution is -1.92. The van der Waals surface area contributed by atoms with E-state index in [1.54, 1.807) is 23.9 Å². The van der Waals surface area contributed by atoms with Gasteiger partial charge in [-0.3, -0.25) is 0 Å². The van der Waals surface area contributed by atoms with Crippen molar-refractivity contribution in [2.75, 3.05) is 0 Å². The Labute approximate surface area is 143 Å². The van der Waals surface area contributed by atoms with Crippen LogP contribution in [0.15, 0.2) is 46.2 Å². The highest BCUT2D eigenvalue weighted by atomic mass is 32.2. The van der Waals surface area contributed by atoms with Crippen molar-refractivity contribution in [1.29, 1.82) is 0 Å². The molecule has 2 nitrogen and oxygen atoms in total. The van der Waals surface area contributed by atoms with Crippen LogP contribution in [0.2, 0.25) is 0 Å². The monoisotopic (exact) mass is 330 g/mol. The van der Waals surface area contributed by atoms with Gasteiger partial charge in [0.15, 0.2) is 0 Å². The minimum Gasteiger partial charge on any atom is -0.508 e. The molecule has 2 rings (SSSR count). The van der Waals surface area contributed by atoms with E-state index in [1.807, 2.05) is 24.3 Å². The van der Waals surface area contributed by atoms with E-state index < -0.39 is 0 Å². The molecular weight excluding hydrogens is 304 g/mol. The molecule has 0 aliphatic heterocycles. The quantitative estimate of drug-likeness (QED) is 0.630. The summed E-state index contributed by atoms with van der Waals surface area (Å²) in [7, 11) is 0. The zero-order chi connectivity index (χ0) is 16.7. The van der Waals surface area contributed by atoms with Gasteiger partial charge in [-0.05, 0) is 73.2 Å². The van der Waals surface area contributed by atoms with Gasteiger partial charge in [-0.25, -0.2) is 0 Å². The van der Waals surface area contributed by atoms with Gasteiger partial charge >= 0.3 is 0 Å². The zero-order valence-electron chi connectivity index (χ0n) is 14.0. The van der Waals surface area contributed by atoms with Gasteiger partial charge < -0.3 is 10.2 Å². The highest BCUT2D eigenvalue weighted by Gasteiger charge is 2.10. The number of aromatic hydroxyl groups is 2. The topological polar surface area (TPSA) is 40.5 Å². The Morgan fingerprint density at radius 2 is 1.17 bits per heavy atom. The molecular formula is C20H26O2S. The lowest BCUT2D eigenvalue weighted by molar-refractivity contribution is 0.473. The summed E-state index contributed by atoms with van der Waals surface area (Å²) < 4.78 is 0. The molecule has 2 aromatic carbocycles. The van der Waals surface area contributed by atoms with Gasteiger partial charge in [0.2, 0.25) is 0 Å². The molecule has 0 aromatic heterocycles. The average Bonchev–Trinajstić information content (AvgIpc) is 2.54. The molecule has 23 heavy (non-hydrogen) atoms. The van der Waals surface area contributed by atoms with Gasteiger partial charge in [-0.2, -0.15) is 0 Å². The van der Waals surface area contributed by atoms with Crippen molar-refractivity contribution in [3.63, 3.8) is 0 Å². The third kappa shape index (κ3) is 5.21. The number of unbranched alkanes of at least 4 members (excludes halogenated alkanes) is 2. The SMILES string of the molecule is CCCCc1cc(O)ccc1Sc1ccc(O)cc1CCCC. The summed E-state index contributed by atoms with van der Waals surface area (Å²) in [6.07, 6.45) is 6.48. The second-order valence-electron chi connectivity index (χ2n) is 5.89. The fourth-order valence-corrected chi connectivity index (χ4v) is 3.67. The molecule has 0 aliphatic rings. The maximum Gasteiger partial charge on any atom is 0.115 e. The first-order valence-electron chi connectivity index (χ1n) is 8.45. The van der Waals surface area contributed by atoms with Gasteiger partial charge in [0.25, 0.3) is 0 Å². The summed E-state index contributed by atoms with van der Waals surface area (Å²) in [5, 5.41) is 19.5. The van der Waals surface area contributed by atoms with E-state index in [1.165, 1.54) is 20.9 Å². The first kappa shape index (κ1) is 17.7. The molecule has 0 unspecified atom stereocenters. The summed E-state index contributed by atoms with van der Waals surface area (Å²) in [6.45, 7) is 4.36. The van der Waals surface area contributed by atoms with Crippen LogP contribution in [0, 0.1) is 0 Å². The third-order valence-corrected chi connectivity index (χ3v) is 5.14. The van der Waals surface area contributed by atoms with Gasteiger partial charge in [0.1, 0.15) is 11.5 Å². The minimum atomic E-state index is 0.331. The van der Waals surface area contributed by atoms with E-state index >= 15 is 0 Å². The molecule has 0 saturated heterocycles. The molecule has 0 spiro atoms. The van der Waals surface area contributed by atoms with Gasteiger partial charge in [0, 0.05) is 9.79 Å². The number of hydrogen-bond acceptors (Lipinski definition) is 3. The van der Waals surface area contributed by atoms with Crippen molar-refractivity contribution in [3.05, 3.63) is 47.5 Å². The lowest BCUT2D eigenvalue weighted by Gasteiger charge is -2.13. The first-order valence-corrected chi connectivity index (χ1v) is 9.27. The zero-order valence-corrected chi connectivity index (χ0v) is 14.8. The summed E-state index contributed by atoms with van der Waals surface area (Å²) in [5.74, 6) is 0.662. The van der Waals surface area contributed by atoms with Crippen LogP contribution in [-0.2, 0) is 12.8 Å². The Morgan fingerprint density at radius 3 is 1.57 bits per heavy atom. The minimum absolute atomic E-state index is 0.331. The lowest BCUT2D eigenvalue weighted by atomic mass is 10.1. The van der Waals surface area contributed by atoms with E-state index in [9.17, 15) is 10.2 Å². The Bertz CT molecular complexity index is 582. The Morgan fingerprint density at radius 1 is 0.739 bits per heavy atom. The smallest absolute Gasteiger partial charge is 0.115 e. The van der Waals surface area contributed by atoms with Crippen LogP contribution < -0.4 is 0 Å². The second kappa shape index (κ2) is 8.88. The molecule has 0 saturated carbocycles. The summed E-state index contributed by atoms with van der Waals surface area (Å²) in [6, 6.07) is 11.3. The number of phenolic OH excluding ortho intramolecular Hbond substituents is 2. The summed E-state index contributed by atoms with van der Waals surface area (Å²) >= 11 is 1.74. The molecule has 0 bridgehead atoms. The highest BCUT2D eigenvalue weighted by Crippen LogP contribution is 2.36. The maximum absolute atomic E-state index is 9.77. The van der Waals surface area contributed by atoms with E-state index in [4.69, 9.17) is 0 Å². The van der Waals surface area contributed by atoms with Gasteiger partial charge in [-0.15, -0.1) is 0 Å². The van der Waals surface area contributed by atoms with Crippen molar-refractivity contribution in [1.82, 2.24) is 0 Å². The van der Waals surface area contributed by atoms with Gasteiger partial charge in [-0.1, -0.05) is 38.5 Å².